The number of rotatable bonds is 10. The van der Waals surface area contributed by atoms with Crippen molar-refractivity contribution < 1.29 is 9.53 Å². The van der Waals surface area contributed by atoms with Gasteiger partial charge in [0.1, 0.15) is 5.75 Å². The summed E-state index contributed by atoms with van der Waals surface area (Å²) >= 11 is 1.36. The van der Waals surface area contributed by atoms with E-state index in [1.807, 2.05) is 92.1 Å². The van der Waals surface area contributed by atoms with Crippen molar-refractivity contribution in [2.75, 3.05) is 23.0 Å². The van der Waals surface area contributed by atoms with Gasteiger partial charge in [-0.2, -0.15) is 0 Å². The van der Waals surface area contributed by atoms with E-state index < -0.39 is 0 Å². The van der Waals surface area contributed by atoms with Crippen molar-refractivity contribution >= 4 is 29.0 Å². The molecule has 0 saturated carbocycles. The number of carbonyl (C=O) groups is 1. The molecule has 35 heavy (non-hydrogen) atoms. The van der Waals surface area contributed by atoms with Gasteiger partial charge >= 0.3 is 0 Å². The molecule has 180 valence electrons. The Balaban J connectivity index is 1.46. The summed E-state index contributed by atoms with van der Waals surface area (Å²) in [7, 11) is 0. The van der Waals surface area contributed by atoms with E-state index in [2.05, 4.69) is 26.9 Å². The van der Waals surface area contributed by atoms with Crippen LogP contribution in [-0.4, -0.2) is 33.0 Å². The van der Waals surface area contributed by atoms with Crippen LogP contribution >= 0.6 is 11.8 Å². The first-order chi connectivity index (χ1) is 17.0. The zero-order valence-electron chi connectivity index (χ0n) is 20.1. The van der Waals surface area contributed by atoms with Crippen molar-refractivity contribution in [1.29, 1.82) is 0 Å². The Labute approximate surface area is 209 Å². The molecule has 0 unspecified atom stereocenters. The molecule has 0 aliphatic rings. The second-order valence-electron chi connectivity index (χ2n) is 8.09. The largest absolute Gasteiger partial charge is 0.494 e. The van der Waals surface area contributed by atoms with Crippen LogP contribution in [-0.2, 0) is 11.3 Å². The fourth-order valence-corrected chi connectivity index (χ4v) is 4.51. The molecule has 7 nitrogen and oxygen atoms in total. The highest BCUT2D eigenvalue weighted by Gasteiger charge is 2.16. The minimum absolute atomic E-state index is 0.0864. The van der Waals surface area contributed by atoms with Gasteiger partial charge < -0.3 is 15.4 Å². The van der Waals surface area contributed by atoms with Crippen molar-refractivity contribution in [3.8, 4) is 11.4 Å². The Hall–Kier alpha value is -3.78. The lowest BCUT2D eigenvalue weighted by molar-refractivity contribution is -0.113. The summed E-state index contributed by atoms with van der Waals surface area (Å²) in [5.41, 5.74) is 4.93. The smallest absolute Gasteiger partial charge is 0.234 e. The van der Waals surface area contributed by atoms with Crippen LogP contribution in [0, 0.1) is 13.8 Å². The van der Waals surface area contributed by atoms with Crippen molar-refractivity contribution in [1.82, 2.24) is 14.8 Å². The molecule has 0 saturated heterocycles. The van der Waals surface area contributed by atoms with Gasteiger partial charge in [0.2, 0.25) is 5.91 Å². The van der Waals surface area contributed by atoms with E-state index in [1.165, 1.54) is 11.8 Å². The molecule has 0 spiro atoms. The highest BCUT2D eigenvalue weighted by Crippen LogP contribution is 2.24. The molecule has 1 aromatic heterocycles. The summed E-state index contributed by atoms with van der Waals surface area (Å²) in [6.45, 7) is 7.11. The molecule has 8 heteroatoms. The van der Waals surface area contributed by atoms with Gasteiger partial charge in [-0.25, -0.2) is 0 Å². The number of carbonyl (C=O) groups excluding carboxylic acids is 1. The lowest BCUT2D eigenvalue weighted by atomic mass is 10.1. The molecule has 4 aromatic rings. The summed E-state index contributed by atoms with van der Waals surface area (Å²) in [5.74, 6) is 1.73. The summed E-state index contributed by atoms with van der Waals surface area (Å²) < 4.78 is 7.49. The normalized spacial score (nSPS) is 10.7. The summed E-state index contributed by atoms with van der Waals surface area (Å²) in [6.07, 6.45) is 0. The molecule has 3 aromatic carbocycles. The molecule has 0 bridgehead atoms. The van der Waals surface area contributed by atoms with Crippen molar-refractivity contribution in [2.24, 2.45) is 0 Å². The van der Waals surface area contributed by atoms with E-state index in [1.54, 1.807) is 0 Å². The first kappa shape index (κ1) is 24.3. The summed E-state index contributed by atoms with van der Waals surface area (Å²) in [6, 6.07) is 23.7. The van der Waals surface area contributed by atoms with Gasteiger partial charge in [0.15, 0.2) is 11.0 Å². The topological polar surface area (TPSA) is 81.1 Å². The highest BCUT2D eigenvalue weighted by molar-refractivity contribution is 7.99. The van der Waals surface area contributed by atoms with Gasteiger partial charge in [-0.1, -0.05) is 36.0 Å². The number of amides is 1. The maximum atomic E-state index is 12.6. The maximum Gasteiger partial charge on any atom is 0.234 e. The Morgan fingerprint density at radius 3 is 2.34 bits per heavy atom. The molecular formula is C27H29N5O2S. The van der Waals surface area contributed by atoms with Crippen LogP contribution in [0.15, 0.2) is 78.0 Å². The number of benzene rings is 3. The van der Waals surface area contributed by atoms with E-state index in [0.29, 0.717) is 18.3 Å². The fourth-order valence-electron chi connectivity index (χ4n) is 3.74. The van der Waals surface area contributed by atoms with E-state index in [0.717, 1.165) is 39.8 Å². The molecule has 0 radical (unpaired) electrons. The van der Waals surface area contributed by atoms with Gasteiger partial charge in [0, 0.05) is 17.1 Å². The molecule has 1 heterocycles. The Kier molecular flexibility index (Phi) is 8.05. The standard InChI is InChI=1S/C27H29N5O2S/c1-4-34-24-12-10-21(11-13-24)28-17-25-30-31-27(32(25)23-8-6-5-7-9-23)35-18-26(33)29-22-15-19(2)14-20(3)16-22/h5-16,28H,4,17-18H2,1-3H3,(H,29,33). The Morgan fingerprint density at radius 1 is 0.943 bits per heavy atom. The number of nitrogens with one attached hydrogen (secondary N) is 2. The van der Waals surface area contributed by atoms with Crippen LogP contribution < -0.4 is 15.4 Å². The first-order valence-electron chi connectivity index (χ1n) is 11.5. The molecular weight excluding hydrogens is 458 g/mol. The average molecular weight is 488 g/mol. The summed E-state index contributed by atoms with van der Waals surface area (Å²) in [4.78, 5) is 12.6. The van der Waals surface area contributed by atoms with E-state index >= 15 is 0 Å². The Bertz CT molecular complexity index is 1250. The first-order valence-corrected chi connectivity index (χ1v) is 12.5. The van der Waals surface area contributed by atoms with Crippen molar-refractivity contribution in [3.05, 3.63) is 89.7 Å². The predicted molar refractivity (Wildman–Crippen MR) is 142 cm³/mol. The minimum Gasteiger partial charge on any atom is -0.494 e. The predicted octanol–water partition coefficient (Wildman–Crippen LogP) is 5.63. The van der Waals surface area contributed by atoms with Crippen LogP contribution in [0.1, 0.15) is 23.9 Å². The van der Waals surface area contributed by atoms with Crippen molar-refractivity contribution in [3.63, 3.8) is 0 Å². The summed E-state index contributed by atoms with van der Waals surface area (Å²) in [5, 5.41) is 15.8. The number of para-hydroxylation sites is 1. The fraction of sp³-hybridized carbons (Fsp3) is 0.222. The van der Waals surface area contributed by atoms with Crippen LogP contribution in [0.5, 0.6) is 5.75 Å². The third-order valence-corrected chi connectivity index (χ3v) is 6.10. The second-order valence-corrected chi connectivity index (χ2v) is 9.04. The lowest BCUT2D eigenvalue weighted by Crippen LogP contribution is -2.15. The molecule has 0 atom stereocenters. The minimum atomic E-state index is -0.0864. The number of hydrogen-bond donors (Lipinski definition) is 2. The van der Waals surface area contributed by atoms with Gasteiger partial charge in [-0.05, 0) is 80.4 Å². The number of thioether (sulfide) groups is 1. The van der Waals surface area contributed by atoms with Crippen LogP contribution in [0.3, 0.4) is 0 Å². The van der Waals surface area contributed by atoms with Crippen LogP contribution in [0.4, 0.5) is 11.4 Å². The second kappa shape index (κ2) is 11.6. The van der Waals surface area contributed by atoms with Gasteiger partial charge in [0.05, 0.1) is 18.9 Å². The van der Waals surface area contributed by atoms with Crippen molar-refractivity contribution in [2.45, 2.75) is 32.5 Å². The third-order valence-electron chi connectivity index (χ3n) is 5.17. The molecule has 0 aliphatic heterocycles. The maximum absolute atomic E-state index is 12.6. The molecule has 4 rings (SSSR count). The van der Waals surface area contributed by atoms with Gasteiger partial charge in [0.25, 0.3) is 0 Å². The molecule has 0 fully saturated rings. The van der Waals surface area contributed by atoms with E-state index in [9.17, 15) is 4.79 Å². The monoisotopic (exact) mass is 487 g/mol. The SMILES string of the molecule is CCOc1ccc(NCc2nnc(SCC(=O)Nc3cc(C)cc(C)c3)n2-c2ccccc2)cc1. The zero-order valence-corrected chi connectivity index (χ0v) is 20.9. The number of anilines is 2. The molecule has 2 N–H and O–H groups in total. The van der Waals surface area contributed by atoms with Crippen LogP contribution in [0.25, 0.3) is 5.69 Å². The van der Waals surface area contributed by atoms with Crippen LogP contribution in [0.2, 0.25) is 0 Å². The number of hydrogen-bond acceptors (Lipinski definition) is 6. The number of nitrogens with zero attached hydrogens (tertiary/aromatic N) is 3. The van der Waals surface area contributed by atoms with Gasteiger partial charge in [-0.3, -0.25) is 9.36 Å². The number of ether oxygens (including phenoxy) is 1. The zero-order chi connectivity index (χ0) is 24.6. The Morgan fingerprint density at radius 2 is 1.66 bits per heavy atom. The average Bonchev–Trinajstić information content (AvgIpc) is 3.25. The van der Waals surface area contributed by atoms with Gasteiger partial charge in [-0.15, -0.1) is 10.2 Å². The van der Waals surface area contributed by atoms with E-state index in [4.69, 9.17) is 4.74 Å². The van der Waals surface area contributed by atoms with E-state index in [-0.39, 0.29) is 11.7 Å². The molecule has 1 amide bonds. The number of aryl methyl sites for hydroxylation is 2. The highest BCUT2D eigenvalue weighted by atomic mass is 32.2. The third kappa shape index (κ3) is 6.64. The quantitative estimate of drug-likeness (QED) is 0.282. The molecule has 0 aliphatic carbocycles. The lowest BCUT2D eigenvalue weighted by Gasteiger charge is -2.12. The number of aromatic nitrogens is 3.